The van der Waals surface area contributed by atoms with Crippen molar-refractivity contribution in [3.05, 3.63) is 77.0 Å². The summed E-state index contributed by atoms with van der Waals surface area (Å²) in [5.41, 5.74) is 12.0. The number of anilines is 2. The lowest BCUT2D eigenvalue weighted by Crippen LogP contribution is -2.13. The molecule has 4 N–H and O–H groups in total. The molecule has 0 bridgehead atoms. The molecule has 3 heterocycles. The molecule has 0 saturated heterocycles. The third kappa shape index (κ3) is 4.37. The van der Waals surface area contributed by atoms with Crippen LogP contribution in [-0.2, 0) is 17.8 Å². The highest BCUT2D eigenvalue weighted by molar-refractivity contribution is 7.08. The second kappa shape index (κ2) is 8.64. The number of nitrogens with two attached hydrogens (primary N) is 1. The summed E-state index contributed by atoms with van der Waals surface area (Å²) < 4.78 is 1.72. The topological polar surface area (TPSA) is 115 Å². The van der Waals surface area contributed by atoms with Crippen molar-refractivity contribution in [2.45, 2.75) is 19.4 Å². The van der Waals surface area contributed by atoms with Gasteiger partial charge in [0.2, 0.25) is 5.91 Å². The molecule has 5 rings (SSSR count). The summed E-state index contributed by atoms with van der Waals surface area (Å²) in [6, 6.07) is 15.6. The molecule has 3 aromatic heterocycles. The molecule has 32 heavy (non-hydrogen) atoms. The molecule has 8 nitrogen and oxygen atoms in total. The lowest BCUT2D eigenvalue weighted by atomic mass is 10.1. The molecule has 0 aliphatic rings. The molecule has 2 aromatic carbocycles. The van der Waals surface area contributed by atoms with Gasteiger partial charge in [0.1, 0.15) is 12.4 Å². The van der Waals surface area contributed by atoms with Crippen molar-refractivity contribution in [3.8, 4) is 11.1 Å². The van der Waals surface area contributed by atoms with Crippen molar-refractivity contribution in [1.29, 1.82) is 0 Å². The number of para-hydroxylation sites is 2. The van der Waals surface area contributed by atoms with Gasteiger partial charge in [0.15, 0.2) is 0 Å². The van der Waals surface area contributed by atoms with E-state index in [4.69, 9.17) is 5.73 Å². The van der Waals surface area contributed by atoms with Gasteiger partial charge in [-0.05, 0) is 52.2 Å². The molecule has 9 heteroatoms. The summed E-state index contributed by atoms with van der Waals surface area (Å²) in [6.45, 7) is 0.486. The number of benzene rings is 2. The standard InChI is InChI=1S/C23H21N7OS/c24-18-7-5-15(16-9-10-32-14-16)11-21(18)27-23(31)8-6-17-12-30(29-28-17)13-22-25-19-3-1-2-4-20(19)26-22/h1-5,7,9-12,14H,6,8,13,24H2,(H,25,26)(H,27,31). The summed E-state index contributed by atoms with van der Waals surface area (Å²) in [4.78, 5) is 20.3. The van der Waals surface area contributed by atoms with E-state index in [2.05, 4.69) is 31.0 Å². The Bertz CT molecular complexity index is 1340. The van der Waals surface area contributed by atoms with Crippen LogP contribution in [0.15, 0.2) is 65.5 Å². The minimum atomic E-state index is -0.119. The minimum absolute atomic E-state index is 0.119. The van der Waals surface area contributed by atoms with E-state index in [9.17, 15) is 4.79 Å². The largest absolute Gasteiger partial charge is 0.397 e. The van der Waals surface area contributed by atoms with Crippen molar-refractivity contribution < 1.29 is 4.79 Å². The predicted molar refractivity (Wildman–Crippen MR) is 126 cm³/mol. The second-order valence-corrected chi connectivity index (χ2v) is 8.25. The molecule has 0 radical (unpaired) electrons. The number of aromatic nitrogens is 5. The van der Waals surface area contributed by atoms with E-state index >= 15 is 0 Å². The maximum absolute atomic E-state index is 12.5. The van der Waals surface area contributed by atoms with E-state index in [-0.39, 0.29) is 12.3 Å². The predicted octanol–water partition coefficient (Wildman–Crippen LogP) is 4.08. The van der Waals surface area contributed by atoms with Crippen LogP contribution in [0.3, 0.4) is 0 Å². The molecule has 160 valence electrons. The number of carbonyl (C=O) groups excluding carboxylic acids is 1. The molecule has 1 amide bonds. The Hall–Kier alpha value is -3.98. The van der Waals surface area contributed by atoms with Gasteiger partial charge in [-0.25, -0.2) is 9.67 Å². The molecule has 0 atom stereocenters. The minimum Gasteiger partial charge on any atom is -0.397 e. The van der Waals surface area contributed by atoms with E-state index in [0.29, 0.717) is 24.3 Å². The van der Waals surface area contributed by atoms with Crippen molar-refractivity contribution in [2.75, 3.05) is 11.1 Å². The maximum Gasteiger partial charge on any atom is 0.224 e. The van der Waals surface area contributed by atoms with Crippen LogP contribution in [0, 0.1) is 0 Å². The fourth-order valence-electron chi connectivity index (χ4n) is 3.49. The number of hydrogen-bond donors (Lipinski definition) is 3. The molecule has 0 aliphatic heterocycles. The zero-order valence-corrected chi connectivity index (χ0v) is 18.0. The van der Waals surface area contributed by atoms with Gasteiger partial charge < -0.3 is 16.0 Å². The normalized spacial score (nSPS) is 11.1. The van der Waals surface area contributed by atoms with Gasteiger partial charge >= 0.3 is 0 Å². The second-order valence-electron chi connectivity index (χ2n) is 7.47. The van der Waals surface area contributed by atoms with Gasteiger partial charge in [-0.15, -0.1) is 5.10 Å². The molecular weight excluding hydrogens is 422 g/mol. The first-order chi connectivity index (χ1) is 15.6. The highest BCUT2D eigenvalue weighted by Gasteiger charge is 2.10. The Morgan fingerprint density at radius 2 is 2.06 bits per heavy atom. The van der Waals surface area contributed by atoms with E-state index in [0.717, 1.165) is 33.7 Å². The first-order valence-corrected chi connectivity index (χ1v) is 11.1. The summed E-state index contributed by atoms with van der Waals surface area (Å²) in [5.74, 6) is 0.687. The summed E-state index contributed by atoms with van der Waals surface area (Å²) in [7, 11) is 0. The average Bonchev–Trinajstić information content (AvgIpc) is 3.55. The van der Waals surface area contributed by atoms with Crippen LogP contribution in [-0.4, -0.2) is 30.9 Å². The Morgan fingerprint density at radius 1 is 1.16 bits per heavy atom. The van der Waals surface area contributed by atoms with Crippen LogP contribution in [0.1, 0.15) is 17.9 Å². The first-order valence-electron chi connectivity index (χ1n) is 10.2. The lowest BCUT2D eigenvalue weighted by molar-refractivity contribution is -0.116. The van der Waals surface area contributed by atoms with E-state index < -0.39 is 0 Å². The third-order valence-electron chi connectivity index (χ3n) is 5.13. The summed E-state index contributed by atoms with van der Waals surface area (Å²) in [5, 5.41) is 15.3. The van der Waals surface area contributed by atoms with E-state index in [1.54, 1.807) is 16.0 Å². The Balaban J connectivity index is 1.19. The van der Waals surface area contributed by atoms with Crippen LogP contribution < -0.4 is 11.1 Å². The molecule has 5 aromatic rings. The molecule has 0 spiro atoms. The van der Waals surface area contributed by atoms with Gasteiger partial charge in [0.05, 0.1) is 28.1 Å². The number of fused-ring (bicyclic) bond motifs is 1. The van der Waals surface area contributed by atoms with Crippen molar-refractivity contribution in [3.63, 3.8) is 0 Å². The number of nitrogens with one attached hydrogen (secondary N) is 2. The van der Waals surface area contributed by atoms with Crippen LogP contribution >= 0.6 is 11.3 Å². The van der Waals surface area contributed by atoms with Crippen molar-refractivity contribution in [2.24, 2.45) is 0 Å². The number of aryl methyl sites for hydroxylation is 1. The molecule has 0 unspecified atom stereocenters. The van der Waals surface area contributed by atoms with Gasteiger partial charge in [-0.2, -0.15) is 11.3 Å². The van der Waals surface area contributed by atoms with E-state index in [1.165, 1.54) is 0 Å². The Labute approximate surface area is 188 Å². The van der Waals surface area contributed by atoms with Gasteiger partial charge in [-0.3, -0.25) is 4.79 Å². The van der Waals surface area contributed by atoms with Crippen LogP contribution in [0.2, 0.25) is 0 Å². The zero-order valence-electron chi connectivity index (χ0n) is 17.2. The number of nitrogens with zero attached hydrogens (tertiary/aromatic N) is 4. The number of carbonyl (C=O) groups is 1. The number of hydrogen-bond acceptors (Lipinski definition) is 6. The fraction of sp³-hybridized carbons (Fsp3) is 0.130. The Kier molecular flexibility index (Phi) is 5.39. The number of H-pyrrole nitrogens is 1. The smallest absolute Gasteiger partial charge is 0.224 e. The highest BCUT2D eigenvalue weighted by atomic mass is 32.1. The molecule has 0 aliphatic carbocycles. The number of aromatic amines is 1. The van der Waals surface area contributed by atoms with Crippen molar-refractivity contribution >= 4 is 39.7 Å². The van der Waals surface area contributed by atoms with Crippen LogP contribution in [0.25, 0.3) is 22.2 Å². The maximum atomic E-state index is 12.5. The Morgan fingerprint density at radius 3 is 2.91 bits per heavy atom. The first kappa shape index (κ1) is 20.0. The number of nitrogen functional groups attached to an aromatic ring is 1. The van der Waals surface area contributed by atoms with Gasteiger partial charge in [0, 0.05) is 19.0 Å². The van der Waals surface area contributed by atoms with Crippen molar-refractivity contribution in [1.82, 2.24) is 25.0 Å². The van der Waals surface area contributed by atoms with Gasteiger partial charge in [-0.1, -0.05) is 23.4 Å². The SMILES string of the molecule is Nc1ccc(-c2ccsc2)cc1NC(=O)CCc1cn(Cc2nc3ccccc3[nH]2)nn1. The van der Waals surface area contributed by atoms with Crippen LogP contribution in [0.5, 0.6) is 0 Å². The zero-order chi connectivity index (χ0) is 21.9. The molecule has 0 saturated carbocycles. The average molecular weight is 444 g/mol. The third-order valence-corrected chi connectivity index (χ3v) is 5.81. The number of amides is 1. The monoisotopic (exact) mass is 443 g/mol. The fourth-order valence-corrected chi connectivity index (χ4v) is 4.16. The van der Waals surface area contributed by atoms with E-state index in [1.807, 2.05) is 60.1 Å². The lowest BCUT2D eigenvalue weighted by Gasteiger charge is -2.10. The van der Waals surface area contributed by atoms with Crippen LogP contribution in [0.4, 0.5) is 11.4 Å². The highest BCUT2D eigenvalue weighted by Crippen LogP contribution is 2.28. The summed E-state index contributed by atoms with van der Waals surface area (Å²) in [6.07, 6.45) is 2.60. The molecular formula is C23H21N7OS. The quantitative estimate of drug-likeness (QED) is 0.328. The number of imidazole rings is 1. The molecule has 0 fully saturated rings. The summed E-state index contributed by atoms with van der Waals surface area (Å²) >= 11 is 1.63. The number of thiophene rings is 1. The van der Waals surface area contributed by atoms with Gasteiger partial charge in [0.25, 0.3) is 0 Å². The number of rotatable bonds is 7.